The molecule has 0 aliphatic heterocycles. The van der Waals surface area contributed by atoms with Crippen molar-refractivity contribution < 1.29 is 23.5 Å². The van der Waals surface area contributed by atoms with Crippen molar-refractivity contribution >= 4 is 28.9 Å². The van der Waals surface area contributed by atoms with E-state index < -0.39 is 29.4 Å². The van der Waals surface area contributed by atoms with Crippen LogP contribution in [0.4, 0.5) is 14.5 Å². The minimum absolute atomic E-state index is 0.0544. The van der Waals surface area contributed by atoms with E-state index in [0.717, 1.165) is 23.4 Å². The van der Waals surface area contributed by atoms with Crippen LogP contribution < -0.4 is 10.6 Å². The van der Waals surface area contributed by atoms with Gasteiger partial charge in [-0.3, -0.25) is 15.1 Å². The maximum atomic E-state index is 14.5. The molecule has 0 bridgehead atoms. The summed E-state index contributed by atoms with van der Waals surface area (Å²) < 4.78 is 28.9. The van der Waals surface area contributed by atoms with E-state index in [1.54, 1.807) is 17.6 Å². The number of aliphatic carboxylic acids is 1. The van der Waals surface area contributed by atoms with Crippen LogP contribution in [0.3, 0.4) is 0 Å². The molecule has 0 fully saturated rings. The van der Waals surface area contributed by atoms with Crippen LogP contribution in [0.2, 0.25) is 0 Å². The van der Waals surface area contributed by atoms with Crippen molar-refractivity contribution in [3.8, 4) is 11.1 Å². The molecular formula is C26H22F2N4O3S. The number of carbonyl (C=O) groups is 2. The van der Waals surface area contributed by atoms with Gasteiger partial charge < -0.3 is 10.4 Å². The number of anilines is 1. The Balaban J connectivity index is 1.64. The highest BCUT2D eigenvalue weighted by molar-refractivity contribution is 7.07. The summed E-state index contributed by atoms with van der Waals surface area (Å²) in [6.45, 7) is 0.341. The van der Waals surface area contributed by atoms with Gasteiger partial charge in [0.05, 0.1) is 17.2 Å². The van der Waals surface area contributed by atoms with Crippen molar-refractivity contribution in [2.45, 2.75) is 24.9 Å². The van der Waals surface area contributed by atoms with Crippen molar-refractivity contribution in [2.75, 3.05) is 5.32 Å². The molecule has 0 aliphatic rings. The molecule has 3 N–H and O–H groups in total. The highest BCUT2D eigenvalue weighted by Crippen LogP contribution is 2.34. The number of aromatic nitrogens is 2. The van der Waals surface area contributed by atoms with E-state index in [1.807, 2.05) is 35.7 Å². The molecule has 1 amide bonds. The highest BCUT2D eigenvalue weighted by atomic mass is 32.1. The Labute approximate surface area is 209 Å². The van der Waals surface area contributed by atoms with E-state index in [1.165, 1.54) is 29.8 Å². The zero-order chi connectivity index (χ0) is 25.5. The Kier molecular flexibility index (Phi) is 7.77. The second kappa shape index (κ2) is 11.1. The summed E-state index contributed by atoms with van der Waals surface area (Å²) in [5, 5.41) is 16.8. The van der Waals surface area contributed by atoms with Crippen LogP contribution in [-0.4, -0.2) is 33.0 Å². The molecule has 0 spiro atoms. The van der Waals surface area contributed by atoms with Gasteiger partial charge in [-0.15, -0.1) is 11.3 Å². The van der Waals surface area contributed by atoms with Crippen molar-refractivity contribution in [1.29, 1.82) is 0 Å². The summed E-state index contributed by atoms with van der Waals surface area (Å²) in [4.78, 5) is 32.7. The van der Waals surface area contributed by atoms with Crippen LogP contribution in [0.5, 0.6) is 0 Å². The molecular weight excluding hydrogens is 486 g/mol. The van der Waals surface area contributed by atoms with Crippen molar-refractivity contribution in [3.63, 3.8) is 0 Å². The van der Waals surface area contributed by atoms with Crippen molar-refractivity contribution in [1.82, 2.24) is 15.3 Å². The van der Waals surface area contributed by atoms with Gasteiger partial charge in [-0.25, -0.2) is 9.78 Å². The second-order valence-electron chi connectivity index (χ2n) is 8.01. The van der Waals surface area contributed by atoms with Gasteiger partial charge in [0.1, 0.15) is 0 Å². The lowest BCUT2D eigenvalue weighted by Gasteiger charge is -2.20. The first kappa shape index (κ1) is 25.1. The number of carbonyl (C=O) groups excluding carboxylic acids is 1. The van der Waals surface area contributed by atoms with Gasteiger partial charge in [0.15, 0.2) is 0 Å². The second-order valence-corrected chi connectivity index (χ2v) is 8.73. The van der Waals surface area contributed by atoms with Crippen LogP contribution in [0.1, 0.15) is 16.8 Å². The standard InChI is InChI=1S/C26H22F2N4O3S/c27-26(28,25(34)35)20-11-19(18-6-8-29-9-7-18)12-21(13-20)32-24(33)23(10-17-4-2-1-3-5-17)30-14-22-15-36-16-31-22/h1-9,11-13,15-16,23,30H,10,14H2,(H,32,33)(H,34,35). The number of carboxylic acids is 1. The average molecular weight is 509 g/mol. The first-order valence-electron chi connectivity index (χ1n) is 11.0. The number of alkyl halides is 2. The lowest BCUT2D eigenvalue weighted by Crippen LogP contribution is -2.42. The van der Waals surface area contributed by atoms with Gasteiger partial charge >= 0.3 is 11.9 Å². The predicted molar refractivity (Wildman–Crippen MR) is 133 cm³/mol. The molecule has 0 radical (unpaired) electrons. The molecule has 1 unspecified atom stereocenters. The van der Waals surface area contributed by atoms with Crippen LogP contribution in [-0.2, 0) is 28.5 Å². The maximum Gasteiger partial charge on any atom is 0.379 e. The first-order chi connectivity index (χ1) is 17.3. The van der Waals surface area contributed by atoms with Crippen LogP contribution in [0.15, 0.2) is 83.9 Å². The Hall–Kier alpha value is -4.02. The summed E-state index contributed by atoms with van der Waals surface area (Å²) in [7, 11) is 0. The van der Waals surface area contributed by atoms with Gasteiger partial charge in [-0.05, 0) is 53.4 Å². The SMILES string of the molecule is O=C(Nc1cc(-c2ccncc2)cc(C(F)(F)C(=O)O)c1)C(Cc1ccccc1)NCc1cscn1. The van der Waals surface area contributed by atoms with Crippen molar-refractivity contribution in [3.05, 3.63) is 101 Å². The molecule has 2 aromatic heterocycles. The normalized spacial score (nSPS) is 12.2. The molecule has 0 saturated heterocycles. The Bertz CT molecular complexity index is 1320. The molecule has 2 heterocycles. The fourth-order valence-corrected chi connectivity index (χ4v) is 4.16. The Morgan fingerprint density at radius 2 is 1.78 bits per heavy atom. The number of benzene rings is 2. The van der Waals surface area contributed by atoms with Gasteiger partial charge in [0, 0.05) is 35.6 Å². The van der Waals surface area contributed by atoms with E-state index in [-0.39, 0.29) is 5.69 Å². The Morgan fingerprint density at radius 1 is 1.03 bits per heavy atom. The number of nitrogens with one attached hydrogen (secondary N) is 2. The zero-order valence-corrected chi connectivity index (χ0v) is 19.7. The molecule has 0 aliphatic carbocycles. The third kappa shape index (κ3) is 6.15. The molecule has 10 heteroatoms. The largest absolute Gasteiger partial charge is 0.477 e. The lowest BCUT2D eigenvalue weighted by atomic mass is 9.99. The number of hydrogen-bond donors (Lipinski definition) is 3. The summed E-state index contributed by atoms with van der Waals surface area (Å²) in [6, 6.07) is 15.5. The third-order valence-electron chi connectivity index (χ3n) is 5.46. The van der Waals surface area contributed by atoms with Gasteiger partial charge in [-0.1, -0.05) is 30.3 Å². The summed E-state index contributed by atoms with van der Waals surface area (Å²) in [5.41, 5.74) is 3.56. The summed E-state index contributed by atoms with van der Waals surface area (Å²) in [6.07, 6.45) is 3.33. The molecule has 0 saturated carbocycles. The topological polar surface area (TPSA) is 104 Å². The molecule has 4 rings (SSSR count). The molecule has 7 nitrogen and oxygen atoms in total. The molecule has 184 valence electrons. The number of halogens is 2. The fraction of sp³-hybridized carbons (Fsp3) is 0.154. The summed E-state index contributed by atoms with van der Waals surface area (Å²) in [5.74, 6) is -6.88. The molecule has 1 atom stereocenters. The molecule has 36 heavy (non-hydrogen) atoms. The van der Waals surface area contributed by atoms with E-state index in [4.69, 9.17) is 5.11 Å². The van der Waals surface area contributed by atoms with E-state index in [9.17, 15) is 18.4 Å². The number of rotatable bonds is 10. The number of carboxylic acid groups (broad SMARTS) is 1. The molecule has 2 aromatic carbocycles. The fourth-order valence-electron chi connectivity index (χ4n) is 3.60. The highest BCUT2D eigenvalue weighted by Gasteiger charge is 2.41. The number of nitrogens with zero attached hydrogens (tertiary/aromatic N) is 2. The average Bonchev–Trinajstić information content (AvgIpc) is 3.41. The van der Waals surface area contributed by atoms with Gasteiger partial charge in [-0.2, -0.15) is 8.78 Å². The zero-order valence-electron chi connectivity index (χ0n) is 18.9. The van der Waals surface area contributed by atoms with Crippen molar-refractivity contribution in [2.24, 2.45) is 0 Å². The first-order valence-corrected chi connectivity index (χ1v) is 11.9. The van der Waals surface area contributed by atoms with E-state index >= 15 is 0 Å². The Morgan fingerprint density at radius 3 is 2.44 bits per heavy atom. The number of thiazole rings is 1. The van der Waals surface area contributed by atoms with E-state index in [2.05, 4.69) is 20.6 Å². The van der Waals surface area contributed by atoms with Gasteiger partial charge in [0.25, 0.3) is 0 Å². The smallest absolute Gasteiger partial charge is 0.379 e. The van der Waals surface area contributed by atoms with E-state index in [0.29, 0.717) is 24.1 Å². The van der Waals surface area contributed by atoms with Crippen LogP contribution >= 0.6 is 11.3 Å². The number of pyridine rings is 1. The quantitative estimate of drug-likeness (QED) is 0.286. The minimum Gasteiger partial charge on any atom is -0.477 e. The number of amides is 1. The van der Waals surface area contributed by atoms with Gasteiger partial charge in [0.2, 0.25) is 5.91 Å². The molecule has 4 aromatic rings. The monoisotopic (exact) mass is 508 g/mol. The predicted octanol–water partition coefficient (Wildman–Crippen LogP) is 4.72. The minimum atomic E-state index is -4.14. The summed E-state index contributed by atoms with van der Waals surface area (Å²) >= 11 is 1.44. The number of hydrogen-bond acceptors (Lipinski definition) is 6. The third-order valence-corrected chi connectivity index (χ3v) is 6.09. The maximum absolute atomic E-state index is 14.5. The van der Waals surface area contributed by atoms with Crippen LogP contribution in [0.25, 0.3) is 11.1 Å². The van der Waals surface area contributed by atoms with Crippen LogP contribution in [0, 0.1) is 0 Å². The lowest BCUT2D eigenvalue weighted by molar-refractivity contribution is -0.166.